The van der Waals surface area contributed by atoms with Crippen molar-refractivity contribution in [3.63, 3.8) is 0 Å². The summed E-state index contributed by atoms with van der Waals surface area (Å²) in [5.74, 6) is 0.576. The lowest BCUT2D eigenvalue weighted by molar-refractivity contribution is 0.518. The van der Waals surface area contributed by atoms with Crippen LogP contribution in [-0.2, 0) is 6.54 Å². The zero-order valence-corrected chi connectivity index (χ0v) is 11.2. The molecule has 8 heteroatoms. The van der Waals surface area contributed by atoms with Crippen LogP contribution in [0, 0.1) is 0 Å². The van der Waals surface area contributed by atoms with Gasteiger partial charge in [-0.1, -0.05) is 41.9 Å². The second-order valence-electron chi connectivity index (χ2n) is 2.88. The summed E-state index contributed by atoms with van der Waals surface area (Å²) in [6.07, 6.45) is 0. The van der Waals surface area contributed by atoms with Crippen molar-refractivity contribution in [2.45, 2.75) is 18.6 Å². The average molecular weight is 282 g/mol. The molecule has 0 amide bonds. The molecule has 0 aromatic carbocycles. The minimum atomic E-state index is 0.576. The van der Waals surface area contributed by atoms with Gasteiger partial charge < -0.3 is 5.32 Å². The van der Waals surface area contributed by atoms with Gasteiger partial charge in [-0.2, -0.15) is 0 Å². The summed E-state index contributed by atoms with van der Waals surface area (Å²) in [6.45, 7) is 4.57. The second-order valence-corrected chi connectivity index (χ2v) is 4.53. The Hall–Kier alpha value is -0.300. The highest BCUT2D eigenvalue weighted by Crippen LogP contribution is 2.19. The minimum absolute atomic E-state index is 0.576. The van der Waals surface area contributed by atoms with Gasteiger partial charge in [0, 0.05) is 22.9 Å². The van der Waals surface area contributed by atoms with Crippen LogP contribution < -0.4 is 5.32 Å². The number of tetrazole rings is 1. The lowest BCUT2D eigenvalue weighted by Crippen LogP contribution is -2.20. The molecule has 0 aliphatic heterocycles. The Morgan fingerprint density at radius 1 is 1.62 bits per heavy atom. The SMILES string of the molecule is CCNCCn1nnnc1SCC(Cl)=CCl. The van der Waals surface area contributed by atoms with Gasteiger partial charge in [0.15, 0.2) is 0 Å². The third-order valence-corrected chi connectivity index (χ3v) is 3.49. The summed E-state index contributed by atoms with van der Waals surface area (Å²) in [5.41, 5.74) is 1.35. The molecular weight excluding hydrogens is 269 g/mol. The summed E-state index contributed by atoms with van der Waals surface area (Å²) in [7, 11) is 0. The van der Waals surface area contributed by atoms with Crippen molar-refractivity contribution in [1.82, 2.24) is 25.5 Å². The van der Waals surface area contributed by atoms with E-state index in [1.165, 1.54) is 17.3 Å². The summed E-state index contributed by atoms with van der Waals surface area (Å²) in [5, 5.41) is 16.0. The van der Waals surface area contributed by atoms with Crippen LogP contribution in [0.5, 0.6) is 0 Å². The van der Waals surface area contributed by atoms with Crippen molar-refractivity contribution in [3.05, 3.63) is 10.6 Å². The number of rotatable bonds is 7. The van der Waals surface area contributed by atoms with E-state index in [2.05, 4.69) is 27.8 Å². The molecule has 0 saturated heterocycles. The van der Waals surface area contributed by atoms with Gasteiger partial charge in [-0.15, -0.1) is 5.10 Å². The molecule has 0 atom stereocenters. The Balaban J connectivity index is 2.43. The maximum absolute atomic E-state index is 5.78. The monoisotopic (exact) mass is 281 g/mol. The average Bonchev–Trinajstić information content (AvgIpc) is 2.74. The van der Waals surface area contributed by atoms with Crippen LogP contribution in [0.1, 0.15) is 6.92 Å². The molecule has 0 saturated carbocycles. The fraction of sp³-hybridized carbons (Fsp3) is 0.625. The van der Waals surface area contributed by atoms with Crippen molar-refractivity contribution in [1.29, 1.82) is 0 Å². The first-order valence-electron chi connectivity index (χ1n) is 4.82. The molecule has 0 bridgehead atoms. The molecule has 90 valence electrons. The van der Waals surface area contributed by atoms with Gasteiger partial charge in [-0.25, -0.2) is 4.68 Å². The summed E-state index contributed by atoms with van der Waals surface area (Å²) in [6, 6.07) is 0. The molecule has 1 rings (SSSR count). The van der Waals surface area contributed by atoms with Crippen LogP contribution in [0.25, 0.3) is 0 Å². The number of halogens is 2. The van der Waals surface area contributed by atoms with Gasteiger partial charge >= 0.3 is 0 Å². The van der Waals surface area contributed by atoms with Gasteiger partial charge in [0.25, 0.3) is 0 Å². The van der Waals surface area contributed by atoms with Crippen LogP contribution in [0.4, 0.5) is 0 Å². The van der Waals surface area contributed by atoms with Crippen molar-refractivity contribution in [2.24, 2.45) is 0 Å². The van der Waals surface area contributed by atoms with E-state index in [4.69, 9.17) is 23.2 Å². The van der Waals surface area contributed by atoms with Crippen LogP contribution in [-0.4, -0.2) is 39.0 Å². The van der Waals surface area contributed by atoms with Crippen LogP contribution in [0.2, 0.25) is 0 Å². The van der Waals surface area contributed by atoms with E-state index in [1.807, 2.05) is 0 Å². The Kier molecular flexibility index (Phi) is 6.79. The second kappa shape index (κ2) is 7.89. The smallest absolute Gasteiger partial charge is 0.209 e. The first kappa shape index (κ1) is 13.8. The maximum Gasteiger partial charge on any atom is 0.209 e. The standard InChI is InChI=1S/C8H13Cl2N5S/c1-2-11-3-4-15-8(12-13-14-15)16-6-7(10)5-9/h5,11H,2-4,6H2,1H3. The molecule has 1 aromatic heterocycles. The fourth-order valence-electron chi connectivity index (χ4n) is 0.967. The van der Waals surface area contributed by atoms with Crippen LogP contribution >= 0.6 is 35.0 Å². The molecule has 0 aliphatic rings. The van der Waals surface area contributed by atoms with Crippen molar-refractivity contribution < 1.29 is 0 Å². The molecule has 16 heavy (non-hydrogen) atoms. The number of nitrogens with one attached hydrogen (secondary N) is 1. The van der Waals surface area contributed by atoms with E-state index in [1.54, 1.807) is 4.68 Å². The number of hydrogen-bond acceptors (Lipinski definition) is 5. The topological polar surface area (TPSA) is 55.6 Å². The van der Waals surface area contributed by atoms with E-state index >= 15 is 0 Å². The zero-order valence-electron chi connectivity index (χ0n) is 8.86. The molecular formula is C8H13Cl2N5S. The minimum Gasteiger partial charge on any atom is -0.315 e. The summed E-state index contributed by atoms with van der Waals surface area (Å²) >= 11 is 12.7. The van der Waals surface area contributed by atoms with Crippen molar-refractivity contribution in [2.75, 3.05) is 18.8 Å². The summed E-state index contributed by atoms with van der Waals surface area (Å²) in [4.78, 5) is 0. The highest BCUT2D eigenvalue weighted by Gasteiger charge is 2.06. The van der Waals surface area contributed by atoms with Crippen molar-refractivity contribution >= 4 is 35.0 Å². The van der Waals surface area contributed by atoms with Gasteiger partial charge in [0.1, 0.15) is 0 Å². The van der Waals surface area contributed by atoms with Crippen molar-refractivity contribution in [3.8, 4) is 0 Å². The van der Waals surface area contributed by atoms with Gasteiger partial charge in [-0.05, 0) is 17.0 Å². The Morgan fingerprint density at radius 2 is 2.44 bits per heavy atom. The predicted octanol–water partition coefficient (Wildman–Crippen LogP) is 1.69. The van der Waals surface area contributed by atoms with Gasteiger partial charge in [-0.3, -0.25) is 0 Å². The van der Waals surface area contributed by atoms with E-state index in [0.717, 1.165) is 24.8 Å². The Labute approximate surface area is 109 Å². The third-order valence-electron chi connectivity index (χ3n) is 1.71. The van der Waals surface area contributed by atoms with Gasteiger partial charge in [0.05, 0.1) is 6.54 Å². The molecule has 5 nitrogen and oxygen atoms in total. The number of hydrogen-bond donors (Lipinski definition) is 1. The number of aromatic nitrogens is 4. The number of thioether (sulfide) groups is 1. The highest BCUT2D eigenvalue weighted by atomic mass is 35.5. The molecule has 0 unspecified atom stereocenters. The molecule has 0 fully saturated rings. The first-order chi connectivity index (χ1) is 7.77. The zero-order chi connectivity index (χ0) is 11.8. The molecule has 1 N–H and O–H groups in total. The lowest BCUT2D eigenvalue weighted by atomic mass is 10.6. The molecule has 0 spiro atoms. The molecule has 1 heterocycles. The van der Waals surface area contributed by atoms with E-state index in [9.17, 15) is 0 Å². The quantitative estimate of drug-likeness (QED) is 0.609. The van der Waals surface area contributed by atoms with E-state index < -0.39 is 0 Å². The normalized spacial score (nSPS) is 12.1. The van der Waals surface area contributed by atoms with Gasteiger partial charge in [0.2, 0.25) is 5.16 Å². The number of nitrogens with zero attached hydrogens (tertiary/aromatic N) is 4. The predicted molar refractivity (Wildman–Crippen MR) is 66.9 cm³/mol. The van der Waals surface area contributed by atoms with E-state index in [-0.39, 0.29) is 0 Å². The number of likely N-dealkylation sites (N-methyl/N-ethyl adjacent to an activating group) is 1. The molecule has 1 aromatic rings. The lowest BCUT2D eigenvalue weighted by Gasteiger charge is -2.03. The largest absolute Gasteiger partial charge is 0.315 e. The molecule has 0 aliphatic carbocycles. The Bertz CT molecular complexity index is 341. The third kappa shape index (κ3) is 4.69. The van der Waals surface area contributed by atoms with E-state index in [0.29, 0.717) is 10.8 Å². The first-order valence-corrected chi connectivity index (χ1v) is 6.62. The maximum atomic E-state index is 5.78. The van der Waals surface area contributed by atoms with Crippen LogP contribution in [0.3, 0.4) is 0 Å². The molecule has 0 radical (unpaired) electrons. The van der Waals surface area contributed by atoms with Crippen LogP contribution in [0.15, 0.2) is 15.7 Å². The fourth-order valence-corrected chi connectivity index (χ4v) is 2.02. The summed E-state index contributed by atoms with van der Waals surface area (Å²) < 4.78 is 1.74. The highest BCUT2D eigenvalue weighted by molar-refractivity contribution is 7.99. The Morgan fingerprint density at radius 3 is 3.12 bits per heavy atom.